The molecule has 2 saturated heterocycles. The lowest BCUT2D eigenvalue weighted by Gasteiger charge is -2.39. The Labute approximate surface area is 255 Å². The molecule has 0 atom stereocenters. The molecule has 2 fully saturated rings. The number of piperidine rings is 1. The van der Waals surface area contributed by atoms with Crippen LogP contribution in [-0.2, 0) is 16.6 Å². The van der Waals surface area contributed by atoms with Crippen LogP contribution >= 0.6 is 0 Å². The number of pyridine rings is 1. The minimum absolute atomic E-state index is 0.122. The zero-order chi connectivity index (χ0) is 30.3. The fourth-order valence-electron chi connectivity index (χ4n) is 6.40. The first kappa shape index (κ1) is 28.4. The summed E-state index contributed by atoms with van der Waals surface area (Å²) in [6.45, 7) is 6.18. The first-order chi connectivity index (χ1) is 21.4. The van der Waals surface area contributed by atoms with E-state index in [4.69, 9.17) is 19.7 Å². The highest BCUT2D eigenvalue weighted by Gasteiger charge is 2.36. The van der Waals surface area contributed by atoms with Crippen molar-refractivity contribution in [3.05, 3.63) is 77.3 Å². The topological polar surface area (TPSA) is 92.3 Å². The zero-order valence-corrected chi connectivity index (χ0v) is 24.9. The van der Waals surface area contributed by atoms with Crippen LogP contribution in [0.25, 0.3) is 22.9 Å². The Balaban J connectivity index is 1.06. The summed E-state index contributed by atoms with van der Waals surface area (Å²) in [5.41, 5.74) is 6.67. The van der Waals surface area contributed by atoms with Gasteiger partial charge in [0, 0.05) is 61.0 Å². The summed E-state index contributed by atoms with van der Waals surface area (Å²) in [4.78, 5) is 27.2. The molecule has 0 spiro atoms. The number of hydrogen-bond acceptors (Lipinski definition) is 8. The van der Waals surface area contributed by atoms with Crippen molar-refractivity contribution in [1.82, 2.24) is 24.9 Å². The highest BCUT2D eigenvalue weighted by atomic mass is 19.3. The van der Waals surface area contributed by atoms with Crippen LogP contribution < -0.4 is 14.5 Å². The number of hydrogen-bond donors (Lipinski definition) is 1. The predicted molar refractivity (Wildman–Crippen MR) is 165 cm³/mol. The minimum Gasteiger partial charge on any atom is -0.435 e. The summed E-state index contributed by atoms with van der Waals surface area (Å²) < 4.78 is 35.6. The molecule has 7 rings (SSSR count). The van der Waals surface area contributed by atoms with E-state index in [1.807, 2.05) is 19.2 Å². The molecule has 3 aromatic heterocycles. The van der Waals surface area contributed by atoms with E-state index in [2.05, 4.69) is 49.6 Å². The minimum atomic E-state index is -2.87. The van der Waals surface area contributed by atoms with E-state index in [0.29, 0.717) is 0 Å². The fourth-order valence-corrected chi connectivity index (χ4v) is 6.40. The van der Waals surface area contributed by atoms with Gasteiger partial charge in [0.15, 0.2) is 0 Å². The van der Waals surface area contributed by atoms with Crippen molar-refractivity contribution in [2.75, 3.05) is 49.2 Å². The Morgan fingerprint density at radius 3 is 2.55 bits per heavy atom. The number of alkyl halides is 2. The number of morpholine rings is 1. The molecule has 228 valence electrons. The lowest BCUT2D eigenvalue weighted by Crippen LogP contribution is -2.42. The fraction of sp³-hybridized carbons (Fsp3) is 0.394. The van der Waals surface area contributed by atoms with E-state index in [0.717, 1.165) is 110 Å². The van der Waals surface area contributed by atoms with Gasteiger partial charge in [-0.25, -0.2) is 19.9 Å². The number of anilines is 2. The lowest BCUT2D eigenvalue weighted by atomic mass is 9.79. The third-order valence-corrected chi connectivity index (χ3v) is 9.03. The van der Waals surface area contributed by atoms with Gasteiger partial charge in [0.25, 0.3) is 0 Å². The summed E-state index contributed by atoms with van der Waals surface area (Å²) in [6, 6.07) is 10.9. The van der Waals surface area contributed by atoms with Gasteiger partial charge in [-0.1, -0.05) is 19.1 Å². The summed E-state index contributed by atoms with van der Waals surface area (Å²) in [5.74, 6) is 2.99. The Hall–Kier alpha value is -4.38. The lowest BCUT2D eigenvalue weighted by molar-refractivity contribution is -0.0498. The van der Waals surface area contributed by atoms with Crippen molar-refractivity contribution in [3.8, 4) is 17.0 Å². The number of aromatic amines is 1. The van der Waals surface area contributed by atoms with Crippen molar-refractivity contribution >= 4 is 23.3 Å². The van der Waals surface area contributed by atoms with E-state index < -0.39 is 6.61 Å². The second-order valence-electron chi connectivity index (χ2n) is 11.9. The summed E-state index contributed by atoms with van der Waals surface area (Å²) in [6.07, 6.45) is 8.38. The second kappa shape index (κ2) is 11.6. The maximum atomic E-state index is 12.8. The average Bonchev–Trinajstić information content (AvgIpc) is 3.66. The van der Waals surface area contributed by atoms with Gasteiger partial charge in [-0.3, -0.25) is 0 Å². The Kier molecular flexibility index (Phi) is 7.49. The molecule has 0 amide bonds. The van der Waals surface area contributed by atoms with Gasteiger partial charge in [-0.05, 0) is 61.2 Å². The number of aromatic nitrogens is 5. The number of rotatable bonds is 7. The van der Waals surface area contributed by atoms with Gasteiger partial charge in [-0.15, -0.1) is 0 Å². The van der Waals surface area contributed by atoms with Crippen LogP contribution in [0.2, 0.25) is 0 Å². The maximum absolute atomic E-state index is 12.8. The molecule has 2 aliphatic heterocycles. The SMILES string of the molecule is Cc1[nH]c(C2(C)CCN(c3ncnc4c3C=C(c3ccc(N5CCOCC5)nc3)C4)CC2)nc1-c1cccc(OC(F)F)c1. The standard InChI is InChI=1S/C33H35F2N7O2/c1-21-29(22-4-3-5-25(16-22)44-32(34)35)40-31(39-21)33(2)8-10-42(11-9-33)30-26-17-24(18-27(26)37-20-38-30)23-6-7-28(36-19-23)41-12-14-43-15-13-41/h3-7,16-17,19-20,32H,8-15,18H2,1-2H3,(H,39,40). The van der Waals surface area contributed by atoms with Crippen molar-refractivity contribution < 1.29 is 18.3 Å². The number of imidazole rings is 1. The van der Waals surface area contributed by atoms with Crippen LogP contribution in [0.1, 0.15) is 48.1 Å². The highest BCUT2D eigenvalue weighted by molar-refractivity contribution is 5.91. The number of halogens is 2. The van der Waals surface area contributed by atoms with E-state index in [-0.39, 0.29) is 11.2 Å². The van der Waals surface area contributed by atoms with Crippen LogP contribution in [-0.4, -0.2) is 70.9 Å². The summed E-state index contributed by atoms with van der Waals surface area (Å²) in [5, 5.41) is 0. The number of aryl methyl sites for hydroxylation is 1. The van der Waals surface area contributed by atoms with Crippen LogP contribution in [0.3, 0.4) is 0 Å². The van der Waals surface area contributed by atoms with Crippen molar-refractivity contribution in [2.24, 2.45) is 0 Å². The average molecular weight is 600 g/mol. The van der Waals surface area contributed by atoms with Gasteiger partial charge in [0.1, 0.15) is 29.5 Å². The summed E-state index contributed by atoms with van der Waals surface area (Å²) >= 11 is 0. The highest BCUT2D eigenvalue weighted by Crippen LogP contribution is 2.40. The van der Waals surface area contributed by atoms with Crippen molar-refractivity contribution in [1.29, 1.82) is 0 Å². The number of allylic oxidation sites excluding steroid dienone is 1. The first-order valence-corrected chi connectivity index (χ1v) is 15.1. The van der Waals surface area contributed by atoms with E-state index in [1.165, 1.54) is 11.6 Å². The Morgan fingerprint density at radius 1 is 0.977 bits per heavy atom. The van der Waals surface area contributed by atoms with E-state index in [9.17, 15) is 8.78 Å². The smallest absolute Gasteiger partial charge is 0.387 e. The Morgan fingerprint density at radius 2 is 1.80 bits per heavy atom. The molecule has 0 saturated carbocycles. The molecule has 9 nitrogen and oxygen atoms in total. The van der Waals surface area contributed by atoms with Crippen LogP contribution in [0.4, 0.5) is 20.4 Å². The number of nitrogens with one attached hydrogen (secondary N) is 1. The number of nitrogens with zero attached hydrogens (tertiary/aromatic N) is 6. The number of ether oxygens (including phenoxy) is 2. The number of H-pyrrole nitrogens is 1. The molecule has 11 heteroatoms. The van der Waals surface area contributed by atoms with Gasteiger partial charge in [0.05, 0.1) is 24.6 Å². The normalized spacial score (nSPS) is 18.0. The molecule has 1 aliphatic carbocycles. The molecule has 4 aromatic rings. The monoisotopic (exact) mass is 599 g/mol. The molecule has 3 aliphatic rings. The largest absolute Gasteiger partial charge is 0.435 e. The Bertz CT molecular complexity index is 1670. The van der Waals surface area contributed by atoms with E-state index in [1.54, 1.807) is 18.5 Å². The molecule has 44 heavy (non-hydrogen) atoms. The molecule has 1 N–H and O–H groups in total. The molecular weight excluding hydrogens is 564 g/mol. The quantitative estimate of drug-likeness (QED) is 0.291. The van der Waals surface area contributed by atoms with Crippen LogP contribution in [0, 0.1) is 6.92 Å². The third-order valence-electron chi connectivity index (χ3n) is 9.03. The summed E-state index contributed by atoms with van der Waals surface area (Å²) in [7, 11) is 0. The van der Waals surface area contributed by atoms with E-state index >= 15 is 0 Å². The van der Waals surface area contributed by atoms with Gasteiger partial charge in [0.2, 0.25) is 0 Å². The van der Waals surface area contributed by atoms with Crippen molar-refractivity contribution in [3.63, 3.8) is 0 Å². The molecular formula is C33H35F2N7O2. The third kappa shape index (κ3) is 5.52. The van der Waals surface area contributed by atoms with Crippen LogP contribution in [0.5, 0.6) is 5.75 Å². The predicted octanol–water partition coefficient (Wildman–Crippen LogP) is 5.66. The number of benzene rings is 1. The maximum Gasteiger partial charge on any atom is 0.387 e. The molecule has 1 aromatic carbocycles. The molecule has 5 heterocycles. The second-order valence-corrected chi connectivity index (χ2v) is 11.9. The van der Waals surface area contributed by atoms with Gasteiger partial charge in [-0.2, -0.15) is 8.78 Å². The molecule has 0 radical (unpaired) electrons. The zero-order valence-electron chi connectivity index (χ0n) is 24.9. The van der Waals surface area contributed by atoms with Crippen LogP contribution in [0.15, 0.2) is 48.9 Å². The number of fused-ring (bicyclic) bond motifs is 1. The first-order valence-electron chi connectivity index (χ1n) is 15.1. The molecule has 0 unspecified atom stereocenters. The molecule has 0 bridgehead atoms. The van der Waals surface area contributed by atoms with Gasteiger partial charge < -0.3 is 24.3 Å². The van der Waals surface area contributed by atoms with Crippen molar-refractivity contribution in [2.45, 2.75) is 45.1 Å². The van der Waals surface area contributed by atoms with Gasteiger partial charge >= 0.3 is 6.61 Å².